The van der Waals surface area contributed by atoms with Gasteiger partial charge in [0, 0.05) is 11.3 Å². The van der Waals surface area contributed by atoms with Crippen molar-refractivity contribution in [2.75, 3.05) is 12.3 Å². The van der Waals surface area contributed by atoms with Crippen molar-refractivity contribution >= 4 is 16.9 Å². The average molecular weight is 225 g/mol. The van der Waals surface area contributed by atoms with E-state index >= 15 is 0 Å². The molecule has 5 heteroatoms. The van der Waals surface area contributed by atoms with Crippen LogP contribution in [0.15, 0.2) is 9.52 Å². The van der Waals surface area contributed by atoms with Crippen LogP contribution < -0.4 is 5.32 Å². The van der Waals surface area contributed by atoms with E-state index in [1.54, 1.807) is 11.8 Å². The summed E-state index contributed by atoms with van der Waals surface area (Å²) in [6, 6.07) is 0.209. The number of amidine groups is 1. The standard InChI is InChI=1S/C10H15N3OS/c1-6(12-10-11-4-5-15-10)9-7(2)13-14-8(9)3/h6H,4-5H2,1-3H3,(H,11,12). The van der Waals surface area contributed by atoms with Crippen LogP contribution in [0.4, 0.5) is 0 Å². The molecule has 82 valence electrons. The highest BCUT2D eigenvalue weighted by molar-refractivity contribution is 8.14. The lowest BCUT2D eigenvalue weighted by Crippen LogP contribution is -2.23. The number of aromatic nitrogens is 1. The molecule has 0 spiro atoms. The second-order valence-electron chi connectivity index (χ2n) is 3.64. The summed E-state index contributed by atoms with van der Waals surface area (Å²) in [6.45, 7) is 6.93. The summed E-state index contributed by atoms with van der Waals surface area (Å²) in [5.41, 5.74) is 2.10. The molecule has 1 unspecified atom stereocenters. The van der Waals surface area contributed by atoms with E-state index in [1.165, 1.54) is 0 Å². The van der Waals surface area contributed by atoms with E-state index < -0.39 is 0 Å². The van der Waals surface area contributed by atoms with Crippen LogP contribution in [-0.4, -0.2) is 22.6 Å². The normalized spacial score (nSPS) is 17.7. The molecule has 0 radical (unpaired) electrons. The van der Waals surface area contributed by atoms with E-state index in [0.717, 1.165) is 34.5 Å². The molecule has 0 saturated carbocycles. The first-order chi connectivity index (χ1) is 7.18. The molecule has 0 aliphatic carbocycles. The molecule has 1 aromatic rings. The van der Waals surface area contributed by atoms with Crippen LogP contribution >= 0.6 is 11.8 Å². The van der Waals surface area contributed by atoms with Gasteiger partial charge in [0.1, 0.15) is 5.76 Å². The van der Waals surface area contributed by atoms with Gasteiger partial charge in [-0.25, -0.2) is 0 Å². The lowest BCUT2D eigenvalue weighted by Gasteiger charge is -2.13. The summed E-state index contributed by atoms with van der Waals surface area (Å²) in [6.07, 6.45) is 0. The van der Waals surface area contributed by atoms with Gasteiger partial charge in [0.15, 0.2) is 5.17 Å². The lowest BCUT2D eigenvalue weighted by molar-refractivity contribution is 0.391. The molecule has 0 saturated heterocycles. The molecule has 15 heavy (non-hydrogen) atoms. The van der Waals surface area contributed by atoms with E-state index in [1.807, 2.05) is 13.8 Å². The largest absolute Gasteiger partial charge is 0.361 e. The Bertz CT molecular complexity index is 367. The summed E-state index contributed by atoms with van der Waals surface area (Å²) in [5.74, 6) is 1.97. The van der Waals surface area contributed by atoms with Gasteiger partial charge in [-0.15, -0.1) is 0 Å². The highest BCUT2D eigenvalue weighted by Gasteiger charge is 2.18. The van der Waals surface area contributed by atoms with E-state index in [9.17, 15) is 0 Å². The Balaban J connectivity index is 2.10. The maximum absolute atomic E-state index is 5.14. The number of aryl methyl sites for hydroxylation is 2. The fourth-order valence-corrected chi connectivity index (χ4v) is 2.61. The third-order valence-corrected chi connectivity index (χ3v) is 3.35. The van der Waals surface area contributed by atoms with Gasteiger partial charge in [-0.3, -0.25) is 4.99 Å². The SMILES string of the molecule is Cc1noc(C)c1C(C)NC1=NCCS1. The van der Waals surface area contributed by atoms with Crippen molar-refractivity contribution in [3.8, 4) is 0 Å². The smallest absolute Gasteiger partial charge is 0.157 e. The van der Waals surface area contributed by atoms with Crippen LogP contribution in [0.1, 0.15) is 30.0 Å². The number of hydrogen-bond acceptors (Lipinski definition) is 5. The van der Waals surface area contributed by atoms with E-state index in [4.69, 9.17) is 4.52 Å². The van der Waals surface area contributed by atoms with Crippen LogP contribution in [0.25, 0.3) is 0 Å². The predicted molar refractivity (Wildman–Crippen MR) is 62.3 cm³/mol. The van der Waals surface area contributed by atoms with Gasteiger partial charge in [0.25, 0.3) is 0 Å². The molecular formula is C10H15N3OS. The minimum absolute atomic E-state index is 0.209. The van der Waals surface area contributed by atoms with Gasteiger partial charge in [0.2, 0.25) is 0 Å². The molecule has 2 rings (SSSR count). The van der Waals surface area contributed by atoms with Crippen molar-refractivity contribution in [2.24, 2.45) is 4.99 Å². The first-order valence-electron chi connectivity index (χ1n) is 5.05. The molecule has 1 aliphatic rings. The summed E-state index contributed by atoms with van der Waals surface area (Å²) in [7, 11) is 0. The van der Waals surface area contributed by atoms with Crippen LogP contribution in [0.2, 0.25) is 0 Å². The summed E-state index contributed by atoms with van der Waals surface area (Å²) >= 11 is 1.77. The minimum Gasteiger partial charge on any atom is -0.361 e. The quantitative estimate of drug-likeness (QED) is 0.837. The second kappa shape index (κ2) is 4.26. The first-order valence-corrected chi connectivity index (χ1v) is 6.03. The number of nitrogens with one attached hydrogen (secondary N) is 1. The second-order valence-corrected chi connectivity index (χ2v) is 4.72. The predicted octanol–water partition coefficient (Wildman–Crippen LogP) is 2.04. The Hall–Kier alpha value is -0.970. The zero-order valence-electron chi connectivity index (χ0n) is 9.20. The van der Waals surface area contributed by atoms with Crippen molar-refractivity contribution in [2.45, 2.75) is 26.8 Å². The topological polar surface area (TPSA) is 50.4 Å². The van der Waals surface area contributed by atoms with Gasteiger partial charge in [-0.05, 0) is 20.8 Å². The van der Waals surface area contributed by atoms with Crippen molar-refractivity contribution in [3.63, 3.8) is 0 Å². The molecular weight excluding hydrogens is 210 g/mol. The first kappa shape index (κ1) is 10.5. The number of aliphatic imine (C=N–C) groups is 1. The molecule has 1 aromatic heterocycles. The molecule has 1 N–H and O–H groups in total. The van der Waals surface area contributed by atoms with Crippen LogP contribution in [0.5, 0.6) is 0 Å². The van der Waals surface area contributed by atoms with E-state index in [0.29, 0.717) is 0 Å². The Labute approximate surface area is 93.5 Å². The number of thioether (sulfide) groups is 1. The summed E-state index contributed by atoms with van der Waals surface area (Å²) < 4.78 is 5.14. The minimum atomic E-state index is 0.209. The molecule has 4 nitrogen and oxygen atoms in total. The fourth-order valence-electron chi connectivity index (χ4n) is 1.79. The summed E-state index contributed by atoms with van der Waals surface area (Å²) in [5, 5.41) is 8.36. The molecule has 0 amide bonds. The zero-order chi connectivity index (χ0) is 10.8. The van der Waals surface area contributed by atoms with E-state index in [-0.39, 0.29) is 6.04 Å². The Morgan fingerprint density at radius 3 is 2.80 bits per heavy atom. The van der Waals surface area contributed by atoms with E-state index in [2.05, 4.69) is 22.4 Å². The number of nitrogens with zero attached hydrogens (tertiary/aromatic N) is 2. The van der Waals surface area contributed by atoms with Crippen LogP contribution in [0.3, 0.4) is 0 Å². The zero-order valence-corrected chi connectivity index (χ0v) is 10.0. The highest BCUT2D eigenvalue weighted by Crippen LogP contribution is 2.22. The Kier molecular flexibility index (Phi) is 3.00. The van der Waals surface area contributed by atoms with Crippen LogP contribution in [0, 0.1) is 13.8 Å². The number of hydrogen-bond donors (Lipinski definition) is 1. The van der Waals surface area contributed by atoms with Crippen LogP contribution in [-0.2, 0) is 0 Å². The average Bonchev–Trinajstić information content (AvgIpc) is 2.77. The third kappa shape index (κ3) is 2.17. The van der Waals surface area contributed by atoms with Gasteiger partial charge in [-0.1, -0.05) is 16.9 Å². The van der Waals surface area contributed by atoms with Crippen molar-refractivity contribution < 1.29 is 4.52 Å². The summed E-state index contributed by atoms with van der Waals surface area (Å²) in [4.78, 5) is 4.36. The molecule has 2 heterocycles. The van der Waals surface area contributed by atoms with Gasteiger partial charge < -0.3 is 9.84 Å². The maximum atomic E-state index is 5.14. The number of rotatable bonds is 2. The lowest BCUT2D eigenvalue weighted by atomic mass is 10.1. The highest BCUT2D eigenvalue weighted by atomic mass is 32.2. The maximum Gasteiger partial charge on any atom is 0.157 e. The van der Waals surface area contributed by atoms with Crippen molar-refractivity contribution in [1.29, 1.82) is 0 Å². The Morgan fingerprint density at radius 1 is 1.47 bits per heavy atom. The molecule has 0 bridgehead atoms. The van der Waals surface area contributed by atoms with Gasteiger partial charge in [-0.2, -0.15) is 0 Å². The fraction of sp³-hybridized carbons (Fsp3) is 0.600. The van der Waals surface area contributed by atoms with Crippen molar-refractivity contribution in [3.05, 3.63) is 17.0 Å². The third-order valence-electron chi connectivity index (χ3n) is 2.45. The molecule has 1 atom stereocenters. The van der Waals surface area contributed by atoms with Gasteiger partial charge in [0.05, 0.1) is 18.3 Å². The molecule has 0 fully saturated rings. The monoisotopic (exact) mass is 225 g/mol. The Morgan fingerprint density at radius 2 is 2.27 bits per heavy atom. The van der Waals surface area contributed by atoms with Gasteiger partial charge >= 0.3 is 0 Å². The van der Waals surface area contributed by atoms with Crippen molar-refractivity contribution in [1.82, 2.24) is 10.5 Å². The molecule has 0 aromatic carbocycles. The molecule has 1 aliphatic heterocycles.